The zero-order valence-electron chi connectivity index (χ0n) is 8.06. The fourth-order valence-corrected chi connectivity index (χ4v) is 0.759. The molecule has 1 heterocycles. The number of imidazole rings is 1. The highest BCUT2D eigenvalue weighted by atomic mass is 35.5. The third-order valence-corrected chi connectivity index (χ3v) is 1.16. The van der Waals surface area contributed by atoms with Crippen LogP contribution in [0.2, 0.25) is 0 Å². The molecule has 0 aliphatic rings. The molecule has 0 aliphatic heterocycles. The third-order valence-electron chi connectivity index (χ3n) is 1.16. The Morgan fingerprint density at radius 2 is 2.14 bits per heavy atom. The van der Waals surface area contributed by atoms with E-state index in [2.05, 4.69) is 22.6 Å². The van der Waals surface area contributed by atoms with Crippen molar-refractivity contribution in [2.24, 2.45) is 18.5 Å². The molecule has 0 unspecified atom stereocenters. The van der Waals surface area contributed by atoms with Crippen LogP contribution in [0.3, 0.4) is 0 Å². The first-order valence-electron chi connectivity index (χ1n) is 3.73. The van der Waals surface area contributed by atoms with Gasteiger partial charge in [-0.2, -0.15) is 0 Å². The maximum Gasteiger partial charge on any atom is 0.309 e. The van der Waals surface area contributed by atoms with Gasteiger partial charge in [0.2, 0.25) is 6.33 Å². The zero-order valence-corrected chi connectivity index (χ0v) is 8.81. The van der Waals surface area contributed by atoms with Crippen LogP contribution in [0.4, 0.5) is 4.79 Å². The van der Waals surface area contributed by atoms with Crippen LogP contribution in [0.5, 0.6) is 0 Å². The Morgan fingerprint density at radius 3 is 2.43 bits per heavy atom. The molecule has 1 rings (SSSR count). The summed E-state index contributed by atoms with van der Waals surface area (Å²) in [5, 5.41) is 0. The molecular weight excluding hydrogens is 204 g/mol. The lowest BCUT2D eigenvalue weighted by Crippen LogP contribution is -3.00. The van der Waals surface area contributed by atoms with E-state index in [0.717, 1.165) is 6.54 Å². The number of allylic oxidation sites excluding steroid dienone is 1. The van der Waals surface area contributed by atoms with Gasteiger partial charge in [0.15, 0.2) is 0 Å². The molecule has 0 aliphatic carbocycles. The van der Waals surface area contributed by atoms with Crippen molar-refractivity contribution in [3.63, 3.8) is 0 Å². The number of amides is 2. The largest absolute Gasteiger partial charge is 1.00 e. The number of aryl methyl sites for hydroxylation is 1. The molecule has 1 aromatic rings. The number of rotatable bonds is 2. The molecule has 0 spiro atoms. The third kappa shape index (κ3) is 8.61. The van der Waals surface area contributed by atoms with Crippen LogP contribution in [0, 0.1) is 0 Å². The van der Waals surface area contributed by atoms with Crippen molar-refractivity contribution >= 4 is 6.03 Å². The van der Waals surface area contributed by atoms with Crippen LogP contribution in [0.15, 0.2) is 31.4 Å². The van der Waals surface area contributed by atoms with E-state index in [1.54, 1.807) is 0 Å². The van der Waals surface area contributed by atoms with E-state index in [4.69, 9.17) is 4.79 Å². The monoisotopic (exact) mass is 218 g/mol. The minimum absolute atomic E-state index is 0. The molecule has 0 saturated carbocycles. The van der Waals surface area contributed by atoms with Crippen LogP contribution in [-0.4, -0.2) is 10.6 Å². The number of hydrogen-bond acceptors (Lipinski definition) is 1. The van der Waals surface area contributed by atoms with Crippen molar-refractivity contribution in [2.45, 2.75) is 6.54 Å². The second-order valence-corrected chi connectivity index (χ2v) is 2.47. The summed E-state index contributed by atoms with van der Waals surface area (Å²) in [6.07, 6.45) is 7.91. The lowest BCUT2D eigenvalue weighted by molar-refractivity contribution is -0.671. The van der Waals surface area contributed by atoms with Gasteiger partial charge < -0.3 is 23.9 Å². The smallest absolute Gasteiger partial charge is 0.309 e. The SMILES string of the molecule is C=CCn1cc[n+](C)c1.NC(N)=O.[Cl-]. The van der Waals surface area contributed by atoms with Gasteiger partial charge in [-0.3, -0.25) is 0 Å². The minimum atomic E-state index is -0.833. The molecule has 0 radical (unpaired) electrons. The number of primary amides is 2. The summed E-state index contributed by atoms with van der Waals surface area (Å²) in [5.41, 5.74) is 8.50. The first-order valence-corrected chi connectivity index (χ1v) is 3.73. The van der Waals surface area contributed by atoms with E-state index in [1.807, 2.05) is 36.4 Å². The van der Waals surface area contributed by atoms with Gasteiger partial charge in [0.1, 0.15) is 18.9 Å². The Kier molecular flexibility index (Phi) is 8.71. The van der Waals surface area contributed by atoms with Crippen LogP contribution >= 0.6 is 0 Å². The lowest BCUT2D eigenvalue weighted by Gasteiger charge is -1.83. The number of nitrogens with zero attached hydrogens (tertiary/aromatic N) is 2. The van der Waals surface area contributed by atoms with Crippen molar-refractivity contribution in [2.75, 3.05) is 0 Å². The first-order chi connectivity index (χ1) is 6.06. The van der Waals surface area contributed by atoms with Gasteiger partial charge in [0.05, 0.1) is 7.05 Å². The molecule has 80 valence electrons. The summed E-state index contributed by atoms with van der Waals surface area (Å²) in [5.74, 6) is 0. The van der Waals surface area contributed by atoms with Gasteiger partial charge in [0, 0.05) is 0 Å². The highest BCUT2D eigenvalue weighted by Crippen LogP contribution is 1.81. The topological polar surface area (TPSA) is 77.9 Å². The molecule has 0 aromatic carbocycles. The summed E-state index contributed by atoms with van der Waals surface area (Å²) < 4.78 is 4.07. The molecule has 6 heteroatoms. The number of hydrogen-bond donors (Lipinski definition) is 2. The molecule has 0 fully saturated rings. The average molecular weight is 219 g/mol. The quantitative estimate of drug-likeness (QED) is 0.393. The Bertz CT molecular complexity index is 281. The van der Waals surface area contributed by atoms with Crippen LogP contribution in [-0.2, 0) is 13.6 Å². The van der Waals surface area contributed by atoms with Gasteiger partial charge in [-0.15, -0.1) is 0 Å². The van der Waals surface area contributed by atoms with Crippen molar-refractivity contribution in [3.05, 3.63) is 31.4 Å². The van der Waals surface area contributed by atoms with Gasteiger partial charge in [0.25, 0.3) is 0 Å². The standard InChI is InChI=1S/C7H11N2.CH4N2O.ClH/c1-3-4-9-6-5-8(2)7-9;2-1(3)4;/h3,5-7H,1,4H2,2H3;(H4,2,3,4);1H/q+1;;/p-1. The lowest BCUT2D eigenvalue weighted by atomic mass is 10.6. The Hall–Kier alpha value is -1.49. The highest BCUT2D eigenvalue weighted by molar-refractivity contribution is 5.69. The van der Waals surface area contributed by atoms with Gasteiger partial charge in [-0.05, 0) is 0 Å². The van der Waals surface area contributed by atoms with Crippen LogP contribution < -0.4 is 28.4 Å². The highest BCUT2D eigenvalue weighted by Gasteiger charge is 1.93. The number of carbonyl (C=O) groups excluding carboxylic acids is 1. The molecular formula is C8H15ClN4O. The van der Waals surface area contributed by atoms with Crippen molar-refractivity contribution in [3.8, 4) is 0 Å². The van der Waals surface area contributed by atoms with E-state index >= 15 is 0 Å². The first kappa shape index (κ1) is 15.0. The summed E-state index contributed by atoms with van der Waals surface area (Å²) in [4.78, 5) is 9.00. The number of nitrogens with two attached hydrogens (primary N) is 2. The predicted octanol–water partition coefficient (Wildman–Crippen LogP) is -3.47. The Labute approximate surface area is 89.4 Å². The fourth-order valence-electron chi connectivity index (χ4n) is 0.759. The van der Waals surface area contributed by atoms with Gasteiger partial charge >= 0.3 is 6.03 Å². The zero-order chi connectivity index (χ0) is 10.3. The molecule has 0 bridgehead atoms. The summed E-state index contributed by atoms with van der Waals surface area (Å²) in [7, 11) is 2.00. The number of aromatic nitrogens is 2. The van der Waals surface area contributed by atoms with Crippen molar-refractivity contribution in [1.29, 1.82) is 0 Å². The number of halogens is 1. The molecule has 5 nitrogen and oxygen atoms in total. The molecule has 14 heavy (non-hydrogen) atoms. The second kappa shape index (κ2) is 8.12. The van der Waals surface area contributed by atoms with Crippen LogP contribution in [0.25, 0.3) is 0 Å². The van der Waals surface area contributed by atoms with E-state index < -0.39 is 6.03 Å². The molecule has 2 amide bonds. The average Bonchev–Trinajstić information content (AvgIpc) is 2.35. The van der Waals surface area contributed by atoms with E-state index in [0.29, 0.717) is 0 Å². The van der Waals surface area contributed by atoms with Gasteiger partial charge in [-0.1, -0.05) is 12.7 Å². The Balaban J connectivity index is 0. The molecule has 0 saturated heterocycles. The second-order valence-electron chi connectivity index (χ2n) is 2.47. The van der Waals surface area contributed by atoms with E-state index in [9.17, 15) is 0 Å². The minimum Gasteiger partial charge on any atom is -1.00 e. The maximum atomic E-state index is 9.00. The summed E-state index contributed by atoms with van der Waals surface area (Å²) in [6.45, 7) is 4.52. The van der Waals surface area contributed by atoms with Crippen molar-refractivity contribution in [1.82, 2.24) is 4.57 Å². The summed E-state index contributed by atoms with van der Waals surface area (Å²) >= 11 is 0. The predicted molar refractivity (Wildman–Crippen MR) is 49.6 cm³/mol. The fraction of sp³-hybridized carbons (Fsp3) is 0.250. The molecule has 1 aromatic heterocycles. The number of urea groups is 1. The molecule has 0 atom stereocenters. The van der Waals surface area contributed by atoms with Crippen LogP contribution in [0.1, 0.15) is 0 Å². The van der Waals surface area contributed by atoms with Crippen molar-refractivity contribution < 1.29 is 21.8 Å². The van der Waals surface area contributed by atoms with E-state index in [1.165, 1.54) is 0 Å². The number of carbonyl (C=O) groups is 1. The molecule has 4 N–H and O–H groups in total. The van der Waals surface area contributed by atoms with E-state index in [-0.39, 0.29) is 12.4 Å². The normalized spacial score (nSPS) is 7.79. The van der Waals surface area contributed by atoms with Gasteiger partial charge in [-0.25, -0.2) is 13.9 Å². The summed E-state index contributed by atoms with van der Waals surface area (Å²) in [6, 6.07) is -0.833. The Morgan fingerprint density at radius 1 is 1.64 bits per heavy atom. The maximum absolute atomic E-state index is 9.00.